The van der Waals surface area contributed by atoms with Gasteiger partial charge in [-0.05, 0) is 25.0 Å². The Morgan fingerprint density at radius 3 is 2.91 bits per heavy atom. The first-order valence-corrected chi connectivity index (χ1v) is 11.9. The molecule has 1 aromatic carbocycles. The molecule has 1 aliphatic heterocycles. The molecule has 174 valence electrons. The van der Waals surface area contributed by atoms with E-state index in [0.29, 0.717) is 11.4 Å². The second-order valence-electron chi connectivity index (χ2n) is 7.27. The average Bonchev–Trinajstić information content (AvgIpc) is 3.24. The number of nitrogens with zero attached hydrogens (tertiary/aromatic N) is 3. The van der Waals surface area contributed by atoms with Crippen molar-refractivity contribution in [2.24, 2.45) is 0 Å². The quantitative estimate of drug-likeness (QED) is 0.309. The number of benzene rings is 1. The van der Waals surface area contributed by atoms with E-state index in [0.717, 1.165) is 17.4 Å². The van der Waals surface area contributed by atoms with E-state index in [9.17, 15) is 23.5 Å². The van der Waals surface area contributed by atoms with Gasteiger partial charge in [0.25, 0.3) is 0 Å². The predicted molar refractivity (Wildman–Crippen MR) is 121 cm³/mol. The molecule has 4 rings (SSSR count). The van der Waals surface area contributed by atoms with Crippen LogP contribution in [0.1, 0.15) is 34.4 Å². The Hall–Kier alpha value is -2.54. The van der Waals surface area contributed by atoms with E-state index in [1.807, 2.05) is 6.92 Å². The van der Waals surface area contributed by atoms with Crippen LogP contribution in [-0.4, -0.2) is 38.5 Å². The minimum Gasteiger partial charge on any atom is -0.502 e. The number of esters is 1. The van der Waals surface area contributed by atoms with Crippen LogP contribution in [0.3, 0.4) is 0 Å². The summed E-state index contributed by atoms with van der Waals surface area (Å²) in [6, 6.07) is 2.40. The summed E-state index contributed by atoms with van der Waals surface area (Å²) in [5, 5.41) is 18.4. The maximum atomic E-state index is 14.2. The molecule has 1 aliphatic rings. The van der Waals surface area contributed by atoms with Crippen molar-refractivity contribution in [2.45, 2.75) is 31.7 Å². The normalized spacial score (nSPS) is 16.8. The van der Waals surface area contributed by atoms with Crippen LogP contribution in [-0.2, 0) is 17.0 Å². The zero-order valence-electron chi connectivity index (χ0n) is 17.1. The molecular weight excluding hydrogens is 498 g/mol. The lowest BCUT2D eigenvalue weighted by atomic mass is 10.1. The van der Waals surface area contributed by atoms with E-state index in [-0.39, 0.29) is 46.8 Å². The standard InChI is InChI=1S/C20H17ClF2N4O4S2/c1-9-4-5-31-20(30)16-18(29)17(28)11(7-27(16)8-32-26-9)19-25-24-13(33-19)6-10-2-3-12(22)14(21)15(10)23/h2-3,7,9,26,29H,4-6,8H2,1H3/t9-/m0/s1. The third kappa shape index (κ3) is 4.88. The number of halogens is 3. The first-order valence-electron chi connectivity index (χ1n) is 9.72. The number of aromatic hydroxyl groups is 1. The van der Waals surface area contributed by atoms with Crippen molar-refractivity contribution in [3.05, 3.63) is 61.5 Å². The van der Waals surface area contributed by atoms with Gasteiger partial charge in [0.1, 0.15) is 21.7 Å². The lowest BCUT2D eigenvalue weighted by Crippen LogP contribution is -2.27. The highest BCUT2D eigenvalue weighted by atomic mass is 35.5. The summed E-state index contributed by atoms with van der Waals surface area (Å²) < 4.78 is 37.4. The molecule has 13 heteroatoms. The van der Waals surface area contributed by atoms with Gasteiger partial charge in [-0.1, -0.05) is 41.0 Å². The Labute approximate surface area is 199 Å². The van der Waals surface area contributed by atoms with Gasteiger partial charge in [0, 0.05) is 18.7 Å². The Balaban J connectivity index is 1.69. The SMILES string of the molecule is C[C@H]1CCOC(=O)c2c(O)c(=O)c(-c3nnc(Cc4ccc(F)c(Cl)c4F)s3)cn2CSN1. The van der Waals surface area contributed by atoms with E-state index >= 15 is 0 Å². The summed E-state index contributed by atoms with van der Waals surface area (Å²) in [4.78, 5) is 25.3. The van der Waals surface area contributed by atoms with Gasteiger partial charge in [0.2, 0.25) is 5.43 Å². The molecule has 1 atom stereocenters. The van der Waals surface area contributed by atoms with E-state index in [1.165, 1.54) is 28.8 Å². The van der Waals surface area contributed by atoms with Gasteiger partial charge < -0.3 is 14.4 Å². The number of rotatable bonds is 3. The van der Waals surface area contributed by atoms with Crippen molar-refractivity contribution in [3.63, 3.8) is 0 Å². The molecule has 8 nitrogen and oxygen atoms in total. The number of nitrogens with one attached hydrogen (secondary N) is 1. The molecule has 3 aromatic rings. The van der Waals surface area contributed by atoms with E-state index in [2.05, 4.69) is 14.9 Å². The van der Waals surface area contributed by atoms with Gasteiger partial charge in [-0.2, -0.15) is 0 Å². The Morgan fingerprint density at radius 1 is 1.33 bits per heavy atom. The topological polar surface area (TPSA) is 106 Å². The monoisotopic (exact) mass is 514 g/mol. The molecule has 2 aromatic heterocycles. The molecule has 0 saturated carbocycles. The number of hydrogen-bond donors (Lipinski definition) is 2. The molecule has 0 unspecified atom stereocenters. The van der Waals surface area contributed by atoms with Crippen LogP contribution < -0.4 is 10.2 Å². The molecule has 0 bridgehead atoms. The third-order valence-corrected chi connectivity index (χ3v) is 7.16. The minimum atomic E-state index is -0.892. The fourth-order valence-corrected chi connectivity index (χ4v) is 5.00. The molecule has 0 radical (unpaired) electrons. The lowest BCUT2D eigenvalue weighted by Gasteiger charge is -2.20. The summed E-state index contributed by atoms with van der Waals surface area (Å²) in [5.74, 6) is -3.10. The molecule has 2 N–H and O–H groups in total. The number of ether oxygens (including phenoxy) is 1. The van der Waals surface area contributed by atoms with Crippen LogP contribution in [0.25, 0.3) is 10.6 Å². The highest BCUT2D eigenvalue weighted by Crippen LogP contribution is 2.29. The zero-order chi connectivity index (χ0) is 23.7. The van der Waals surface area contributed by atoms with Crippen molar-refractivity contribution in [2.75, 3.05) is 6.61 Å². The zero-order valence-corrected chi connectivity index (χ0v) is 19.5. The van der Waals surface area contributed by atoms with Crippen LogP contribution in [0.5, 0.6) is 5.75 Å². The average molecular weight is 515 g/mol. The maximum absolute atomic E-state index is 14.2. The Kier molecular flexibility index (Phi) is 6.98. The number of hydrogen-bond acceptors (Lipinski definition) is 9. The van der Waals surface area contributed by atoms with Crippen LogP contribution >= 0.6 is 34.9 Å². The van der Waals surface area contributed by atoms with E-state index < -0.39 is 33.8 Å². The number of carbonyl (C=O) groups is 1. The van der Waals surface area contributed by atoms with Crippen LogP contribution in [0.2, 0.25) is 5.02 Å². The summed E-state index contributed by atoms with van der Waals surface area (Å²) in [5.41, 5.74) is -0.912. The van der Waals surface area contributed by atoms with Crippen LogP contribution in [0.4, 0.5) is 8.78 Å². The second-order valence-corrected chi connectivity index (χ2v) is 9.49. The van der Waals surface area contributed by atoms with Crippen LogP contribution in [0, 0.1) is 11.6 Å². The molecule has 0 fully saturated rings. The van der Waals surface area contributed by atoms with Gasteiger partial charge >= 0.3 is 5.97 Å². The Morgan fingerprint density at radius 2 is 2.12 bits per heavy atom. The van der Waals surface area contributed by atoms with Crippen molar-refractivity contribution >= 4 is 40.9 Å². The number of pyridine rings is 1. The highest BCUT2D eigenvalue weighted by molar-refractivity contribution is 7.96. The van der Waals surface area contributed by atoms with Gasteiger partial charge in [-0.3, -0.25) is 9.52 Å². The number of aromatic nitrogens is 3. The van der Waals surface area contributed by atoms with Gasteiger partial charge in [-0.25, -0.2) is 13.6 Å². The first-order chi connectivity index (χ1) is 15.8. The predicted octanol–water partition coefficient (Wildman–Crippen LogP) is 3.74. The molecule has 33 heavy (non-hydrogen) atoms. The lowest BCUT2D eigenvalue weighted by molar-refractivity contribution is 0.0476. The number of fused-ring (bicyclic) bond motifs is 1. The van der Waals surface area contributed by atoms with E-state index in [1.54, 1.807) is 0 Å². The molecular formula is C20H17ClF2N4O4S2. The van der Waals surface area contributed by atoms with Gasteiger partial charge in [0.05, 0.1) is 18.0 Å². The van der Waals surface area contributed by atoms with Crippen LogP contribution in [0.15, 0.2) is 23.1 Å². The summed E-state index contributed by atoms with van der Waals surface area (Å²) in [7, 11) is 0. The Bertz CT molecular complexity index is 1280. The summed E-state index contributed by atoms with van der Waals surface area (Å²) in [6.07, 6.45) is 1.96. The summed E-state index contributed by atoms with van der Waals surface area (Å²) in [6.45, 7) is 2.07. The fraction of sp³-hybridized carbons (Fsp3) is 0.300. The van der Waals surface area contributed by atoms with Crippen molar-refractivity contribution < 1.29 is 23.4 Å². The van der Waals surface area contributed by atoms with Crippen molar-refractivity contribution in [3.8, 4) is 16.3 Å². The van der Waals surface area contributed by atoms with Gasteiger partial charge in [-0.15, -0.1) is 10.2 Å². The minimum absolute atomic E-state index is 0.0221. The van der Waals surface area contributed by atoms with Crippen molar-refractivity contribution in [1.82, 2.24) is 19.5 Å². The molecule has 0 saturated heterocycles. The highest BCUT2D eigenvalue weighted by Gasteiger charge is 2.26. The summed E-state index contributed by atoms with van der Waals surface area (Å²) >= 11 is 7.93. The largest absolute Gasteiger partial charge is 0.502 e. The molecule has 3 heterocycles. The van der Waals surface area contributed by atoms with Crippen molar-refractivity contribution in [1.29, 1.82) is 0 Å². The second kappa shape index (κ2) is 9.75. The third-order valence-electron chi connectivity index (χ3n) is 4.88. The molecule has 0 aliphatic carbocycles. The van der Waals surface area contributed by atoms with E-state index in [4.69, 9.17) is 16.3 Å². The fourth-order valence-electron chi connectivity index (χ4n) is 3.12. The molecule has 0 amide bonds. The number of cyclic esters (lactones) is 1. The maximum Gasteiger partial charge on any atom is 0.359 e. The smallest absolute Gasteiger partial charge is 0.359 e. The first kappa shape index (κ1) is 23.6. The van der Waals surface area contributed by atoms with Gasteiger partial charge in [0.15, 0.2) is 16.5 Å². The number of carbonyl (C=O) groups excluding carboxylic acids is 1. The molecule has 0 spiro atoms.